The van der Waals surface area contributed by atoms with Gasteiger partial charge in [-0.2, -0.15) is 18.3 Å². The first kappa shape index (κ1) is 18.6. The van der Waals surface area contributed by atoms with Crippen LogP contribution in [0.5, 0.6) is 0 Å². The molecule has 25 heavy (non-hydrogen) atoms. The van der Waals surface area contributed by atoms with E-state index in [2.05, 4.69) is 5.10 Å². The Balaban J connectivity index is 2.35. The number of aryl methyl sites for hydroxylation is 1. The minimum absolute atomic E-state index is 0.261. The minimum Gasteiger partial charge on any atom is -0.387 e. The zero-order valence-corrected chi connectivity index (χ0v) is 13.2. The molecule has 1 unspecified atom stereocenters. The Bertz CT molecular complexity index is 774. The number of anilines is 1. The molecule has 0 spiro atoms. The second-order valence-electron chi connectivity index (χ2n) is 5.35. The van der Waals surface area contributed by atoms with Crippen molar-refractivity contribution in [2.45, 2.75) is 12.3 Å². The van der Waals surface area contributed by atoms with Gasteiger partial charge in [0.05, 0.1) is 11.0 Å². The molecule has 1 aromatic heterocycles. The van der Waals surface area contributed by atoms with Crippen molar-refractivity contribution >= 4 is 11.5 Å². The number of alkyl halides is 3. The van der Waals surface area contributed by atoms with E-state index >= 15 is 0 Å². The summed E-state index contributed by atoms with van der Waals surface area (Å²) in [6.45, 7) is -0.261. The largest absolute Gasteiger partial charge is 0.442 e. The number of nitro groups is 1. The lowest BCUT2D eigenvalue weighted by atomic mass is 10.1. The number of likely N-dealkylation sites (N-methyl/N-ethyl adjacent to an activating group) is 1. The maximum absolute atomic E-state index is 12.9. The Hall–Kier alpha value is -2.69. The van der Waals surface area contributed by atoms with Crippen molar-refractivity contribution < 1.29 is 27.6 Å². The van der Waals surface area contributed by atoms with Gasteiger partial charge in [-0.05, 0) is 17.7 Å². The molecular formula is C14H14F4N4O3. The molecule has 2 aromatic rings. The second kappa shape index (κ2) is 6.67. The number of aromatic nitrogens is 2. The first-order valence-electron chi connectivity index (χ1n) is 6.95. The molecule has 0 aliphatic carbocycles. The molecule has 1 aromatic carbocycles. The molecule has 136 valence electrons. The SMILES string of the molecule is CN(CC(O)c1ccc(F)cc1)c1c([N+](=O)[O-])c(C(F)(F)F)nn1C. The smallest absolute Gasteiger partial charge is 0.387 e. The summed E-state index contributed by atoms with van der Waals surface area (Å²) in [6, 6.07) is 4.86. The monoisotopic (exact) mass is 362 g/mol. The topological polar surface area (TPSA) is 84.4 Å². The van der Waals surface area contributed by atoms with Gasteiger partial charge in [-0.15, -0.1) is 0 Å². The van der Waals surface area contributed by atoms with Gasteiger partial charge in [0.15, 0.2) is 0 Å². The summed E-state index contributed by atoms with van der Waals surface area (Å²) in [4.78, 5) is 11.1. The Morgan fingerprint density at radius 1 is 1.36 bits per heavy atom. The van der Waals surface area contributed by atoms with Gasteiger partial charge in [-0.1, -0.05) is 12.1 Å². The second-order valence-corrected chi connectivity index (χ2v) is 5.35. The van der Waals surface area contributed by atoms with E-state index in [4.69, 9.17) is 0 Å². The first-order chi connectivity index (χ1) is 11.5. The number of benzene rings is 1. The zero-order valence-electron chi connectivity index (χ0n) is 13.2. The predicted octanol–water partition coefficient (Wildman–Crippen LogP) is 2.66. The van der Waals surface area contributed by atoms with Crippen molar-refractivity contribution in [2.75, 3.05) is 18.5 Å². The molecule has 0 aliphatic rings. The van der Waals surface area contributed by atoms with Crippen LogP contribution in [0.15, 0.2) is 24.3 Å². The fraction of sp³-hybridized carbons (Fsp3) is 0.357. The van der Waals surface area contributed by atoms with Gasteiger partial charge in [-0.25, -0.2) is 9.07 Å². The van der Waals surface area contributed by atoms with E-state index in [0.29, 0.717) is 5.56 Å². The average Bonchev–Trinajstić information content (AvgIpc) is 2.85. The quantitative estimate of drug-likeness (QED) is 0.502. The third kappa shape index (κ3) is 3.87. The molecule has 1 heterocycles. The number of halogens is 4. The summed E-state index contributed by atoms with van der Waals surface area (Å²) < 4.78 is 52.5. The van der Waals surface area contributed by atoms with Crippen LogP contribution >= 0.6 is 0 Å². The maximum Gasteiger partial charge on any atom is 0.442 e. The summed E-state index contributed by atoms with van der Waals surface area (Å²) in [5.74, 6) is -0.917. The van der Waals surface area contributed by atoms with Crippen LogP contribution in [-0.2, 0) is 13.2 Å². The molecule has 2 rings (SSSR count). The maximum atomic E-state index is 12.9. The van der Waals surface area contributed by atoms with Crippen molar-refractivity contribution in [3.05, 3.63) is 51.5 Å². The van der Waals surface area contributed by atoms with Crippen LogP contribution in [0.3, 0.4) is 0 Å². The van der Waals surface area contributed by atoms with E-state index in [1.54, 1.807) is 0 Å². The summed E-state index contributed by atoms with van der Waals surface area (Å²) in [7, 11) is 2.43. The third-order valence-electron chi connectivity index (χ3n) is 3.51. The van der Waals surface area contributed by atoms with Crippen molar-refractivity contribution in [1.82, 2.24) is 9.78 Å². The summed E-state index contributed by atoms with van der Waals surface area (Å²) in [5, 5.41) is 24.5. The van der Waals surface area contributed by atoms with E-state index in [1.807, 2.05) is 0 Å². The number of nitrogens with zero attached hydrogens (tertiary/aromatic N) is 4. The molecule has 1 N–H and O–H groups in total. The molecule has 0 radical (unpaired) electrons. The van der Waals surface area contributed by atoms with Crippen molar-refractivity contribution in [3.63, 3.8) is 0 Å². The van der Waals surface area contributed by atoms with Gasteiger partial charge in [0.1, 0.15) is 5.82 Å². The van der Waals surface area contributed by atoms with Gasteiger partial charge in [-0.3, -0.25) is 10.1 Å². The Morgan fingerprint density at radius 2 is 1.92 bits per heavy atom. The number of rotatable bonds is 5. The lowest BCUT2D eigenvalue weighted by molar-refractivity contribution is -0.387. The van der Waals surface area contributed by atoms with Gasteiger partial charge in [0, 0.05) is 20.6 Å². The Labute approximate surface area is 139 Å². The van der Waals surface area contributed by atoms with Crippen LogP contribution in [0.4, 0.5) is 29.1 Å². The van der Waals surface area contributed by atoms with Crippen LogP contribution in [0.25, 0.3) is 0 Å². The van der Waals surface area contributed by atoms with Crippen molar-refractivity contribution in [1.29, 1.82) is 0 Å². The van der Waals surface area contributed by atoms with Crippen LogP contribution < -0.4 is 4.90 Å². The van der Waals surface area contributed by atoms with Gasteiger partial charge < -0.3 is 10.0 Å². The normalized spacial score (nSPS) is 12.9. The summed E-state index contributed by atoms with van der Waals surface area (Å²) in [5.41, 5.74) is -2.49. The Kier molecular flexibility index (Phi) is 4.97. The molecule has 7 nitrogen and oxygen atoms in total. The van der Waals surface area contributed by atoms with E-state index in [-0.39, 0.29) is 6.54 Å². The van der Waals surface area contributed by atoms with E-state index in [9.17, 15) is 32.8 Å². The average molecular weight is 362 g/mol. The number of aliphatic hydroxyl groups excluding tert-OH is 1. The zero-order chi connectivity index (χ0) is 18.9. The fourth-order valence-corrected chi connectivity index (χ4v) is 2.43. The van der Waals surface area contributed by atoms with Crippen LogP contribution in [0.1, 0.15) is 17.4 Å². The highest BCUT2D eigenvalue weighted by molar-refractivity contribution is 5.62. The van der Waals surface area contributed by atoms with Gasteiger partial charge in [0.25, 0.3) is 0 Å². The number of aliphatic hydroxyl groups is 1. The van der Waals surface area contributed by atoms with Crippen molar-refractivity contribution in [2.24, 2.45) is 7.05 Å². The highest BCUT2D eigenvalue weighted by atomic mass is 19.4. The van der Waals surface area contributed by atoms with E-state index in [0.717, 1.165) is 28.8 Å². The lowest BCUT2D eigenvalue weighted by Gasteiger charge is -2.22. The van der Waals surface area contributed by atoms with Gasteiger partial charge in [0.2, 0.25) is 11.5 Å². The molecule has 0 fully saturated rings. The van der Waals surface area contributed by atoms with Gasteiger partial charge >= 0.3 is 11.9 Å². The van der Waals surface area contributed by atoms with Crippen LogP contribution in [0, 0.1) is 15.9 Å². The first-order valence-corrected chi connectivity index (χ1v) is 6.95. The molecule has 0 aliphatic heterocycles. The molecule has 11 heteroatoms. The minimum atomic E-state index is -4.99. The van der Waals surface area contributed by atoms with E-state index < -0.39 is 40.2 Å². The molecule has 0 saturated heterocycles. The summed E-state index contributed by atoms with van der Waals surface area (Å²) in [6.07, 6.45) is -6.19. The number of hydrogen-bond donors (Lipinski definition) is 1. The molecule has 0 amide bonds. The van der Waals surface area contributed by atoms with E-state index in [1.165, 1.54) is 19.2 Å². The highest BCUT2D eigenvalue weighted by Crippen LogP contribution is 2.40. The van der Waals surface area contributed by atoms with Crippen molar-refractivity contribution in [3.8, 4) is 0 Å². The molecular weight excluding hydrogens is 348 g/mol. The third-order valence-corrected chi connectivity index (χ3v) is 3.51. The fourth-order valence-electron chi connectivity index (χ4n) is 2.43. The van der Waals surface area contributed by atoms with Crippen LogP contribution in [-0.4, -0.2) is 33.4 Å². The lowest BCUT2D eigenvalue weighted by Crippen LogP contribution is -2.26. The highest BCUT2D eigenvalue weighted by Gasteiger charge is 2.45. The van der Waals surface area contributed by atoms with Crippen LogP contribution in [0.2, 0.25) is 0 Å². The summed E-state index contributed by atoms with van der Waals surface area (Å²) >= 11 is 0. The predicted molar refractivity (Wildman–Crippen MR) is 79.5 cm³/mol. The molecule has 0 bridgehead atoms. The molecule has 0 saturated carbocycles. The molecule has 1 atom stereocenters. The standard InChI is InChI=1S/C14H14F4N4O3/c1-20(7-10(23)8-3-5-9(15)6-4-8)13-11(22(24)25)12(14(16,17)18)19-21(13)2/h3-6,10,23H,7H2,1-2H3. The number of hydrogen-bond acceptors (Lipinski definition) is 5. The Morgan fingerprint density at radius 3 is 2.40 bits per heavy atom.